The average Bonchev–Trinajstić information content (AvgIpc) is 2.30. The molecule has 16 heavy (non-hydrogen) atoms. The van der Waals surface area contributed by atoms with Crippen molar-refractivity contribution >= 4 is 5.69 Å². The molecule has 86 valence electrons. The summed E-state index contributed by atoms with van der Waals surface area (Å²) in [6.45, 7) is 5.18. The van der Waals surface area contributed by atoms with Gasteiger partial charge in [-0.25, -0.2) is 0 Å². The third-order valence-electron chi connectivity index (χ3n) is 2.83. The summed E-state index contributed by atoms with van der Waals surface area (Å²) in [5, 5.41) is 6.76. The van der Waals surface area contributed by atoms with E-state index in [1.807, 2.05) is 19.2 Å². The summed E-state index contributed by atoms with van der Waals surface area (Å²) in [5.41, 5.74) is 3.80. The van der Waals surface area contributed by atoms with Crippen LogP contribution in [-0.2, 0) is 0 Å². The monoisotopic (exact) mass is 217 g/mol. The highest BCUT2D eigenvalue weighted by Crippen LogP contribution is 2.11. The molecule has 1 aromatic heterocycles. The maximum atomic E-state index is 4.18. The van der Waals surface area contributed by atoms with Gasteiger partial charge < -0.3 is 10.6 Å². The van der Waals surface area contributed by atoms with Crippen LogP contribution in [-0.4, -0.2) is 24.6 Å². The number of hydrogen-bond acceptors (Lipinski definition) is 3. The Morgan fingerprint density at radius 2 is 2.44 bits per heavy atom. The smallest absolute Gasteiger partial charge is 0.0393 e. The summed E-state index contributed by atoms with van der Waals surface area (Å²) < 4.78 is 0. The van der Waals surface area contributed by atoms with Gasteiger partial charge in [0.15, 0.2) is 0 Å². The number of aromatic nitrogens is 1. The number of pyridine rings is 1. The van der Waals surface area contributed by atoms with Gasteiger partial charge in [0.1, 0.15) is 0 Å². The molecular weight excluding hydrogens is 198 g/mol. The SMILES string of the molecule is Cc1cc(NCCC2=CCNCC2)ccn1. The molecule has 0 radical (unpaired) electrons. The van der Waals surface area contributed by atoms with Crippen molar-refractivity contribution in [2.45, 2.75) is 19.8 Å². The minimum atomic E-state index is 1.01. The Kier molecular flexibility index (Phi) is 3.94. The van der Waals surface area contributed by atoms with Gasteiger partial charge in [-0.05, 0) is 38.4 Å². The van der Waals surface area contributed by atoms with Crippen LogP contribution in [0.1, 0.15) is 18.5 Å². The fourth-order valence-corrected chi connectivity index (χ4v) is 1.92. The fourth-order valence-electron chi connectivity index (χ4n) is 1.92. The standard InChI is InChI=1S/C13H19N3/c1-11-10-13(5-9-15-11)16-8-4-12-2-6-14-7-3-12/h2,5,9-10,14H,3-4,6-8H2,1H3,(H,15,16). The number of anilines is 1. The van der Waals surface area contributed by atoms with Gasteiger partial charge in [-0.1, -0.05) is 11.6 Å². The molecule has 0 bridgehead atoms. The molecule has 0 saturated heterocycles. The van der Waals surface area contributed by atoms with Crippen LogP contribution in [0.4, 0.5) is 5.69 Å². The van der Waals surface area contributed by atoms with E-state index in [0.29, 0.717) is 0 Å². The molecule has 2 heterocycles. The summed E-state index contributed by atoms with van der Waals surface area (Å²) in [4.78, 5) is 4.18. The maximum Gasteiger partial charge on any atom is 0.0393 e. The number of hydrogen-bond donors (Lipinski definition) is 2. The summed E-state index contributed by atoms with van der Waals surface area (Å²) in [5.74, 6) is 0. The molecule has 0 spiro atoms. The lowest BCUT2D eigenvalue weighted by Crippen LogP contribution is -2.21. The van der Waals surface area contributed by atoms with Gasteiger partial charge in [0.2, 0.25) is 0 Å². The van der Waals surface area contributed by atoms with E-state index in [1.54, 1.807) is 5.57 Å². The molecule has 0 saturated carbocycles. The van der Waals surface area contributed by atoms with Crippen molar-refractivity contribution in [2.24, 2.45) is 0 Å². The number of nitrogens with zero attached hydrogens (tertiary/aromatic N) is 1. The first-order valence-electron chi connectivity index (χ1n) is 5.90. The Balaban J connectivity index is 1.77. The second-order valence-electron chi connectivity index (χ2n) is 4.18. The lowest BCUT2D eigenvalue weighted by Gasteiger charge is -2.14. The van der Waals surface area contributed by atoms with E-state index in [-0.39, 0.29) is 0 Å². The van der Waals surface area contributed by atoms with Crippen LogP contribution in [0.2, 0.25) is 0 Å². The van der Waals surface area contributed by atoms with Crippen LogP contribution >= 0.6 is 0 Å². The molecule has 0 amide bonds. The van der Waals surface area contributed by atoms with Crippen LogP contribution in [0.15, 0.2) is 30.0 Å². The van der Waals surface area contributed by atoms with Gasteiger partial charge in [-0.15, -0.1) is 0 Å². The van der Waals surface area contributed by atoms with Crippen LogP contribution in [0.5, 0.6) is 0 Å². The Bertz CT molecular complexity index is 371. The van der Waals surface area contributed by atoms with Gasteiger partial charge in [0, 0.05) is 30.7 Å². The lowest BCUT2D eigenvalue weighted by molar-refractivity contribution is 0.683. The molecule has 2 N–H and O–H groups in total. The zero-order valence-corrected chi connectivity index (χ0v) is 9.79. The van der Waals surface area contributed by atoms with E-state index >= 15 is 0 Å². The van der Waals surface area contributed by atoms with Crippen molar-refractivity contribution in [1.82, 2.24) is 10.3 Å². The normalized spacial score (nSPS) is 15.7. The van der Waals surface area contributed by atoms with Crippen molar-refractivity contribution in [1.29, 1.82) is 0 Å². The number of aryl methyl sites for hydroxylation is 1. The number of rotatable bonds is 4. The van der Waals surface area contributed by atoms with Gasteiger partial charge >= 0.3 is 0 Å². The highest BCUT2D eigenvalue weighted by atomic mass is 14.9. The summed E-state index contributed by atoms with van der Waals surface area (Å²) >= 11 is 0. The van der Waals surface area contributed by atoms with E-state index in [9.17, 15) is 0 Å². The van der Waals surface area contributed by atoms with Crippen molar-refractivity contribution in [3.05, 3.63) is 35.7 Å². The molecule has 1 aliphatic heterocycles. The minimum Gasteiger partial charge on any atom is -0.385 e. The predicted octanol–water partition coefficient (Wildman–Crippen LogP) is 2.11. The van der Waals surface area contributed by atoms with Crippen LogP contribution in [0.3, 0.4) is 0 Å². The summed E-state index contributed by atoms with van der Waals surface area (Å²) in [7, 11) is 0. The van der Waals surface area contributed by atoms with Crippen LogP contribution in [0, 0.1) is 6.92 Å². The Labute approximate surface area is 97.0 Å². The predicted molar refractivity (Wildman–Crippen MR) is 67.7 cm³/mol. The first kappa shape index (κ1) is 11.1. The molecule has 3 nitrogen and oxygen atoms in total. The van der Waals surface area contributed by atoms with E-state index < -0.39 is 0 Å². The van der Waals surface area contributed by atoms with Gasteiger partial charge in [0.05, 0.1) is 0 Å². The highest BCUT2D eigenvalue weighted by molar-refractivity contribution is 5.42. The van der Waals surface area contributed by atoms with E-state index in [1.165, 1.54) is 12.1 Å². The molecule has 0 unspecified atom stereocenters. The molecule has 2 rings (SSSR count). The topological polar surface area (TPSA) is 37.0 Å². The van der Waals surface area contributed by atoms with Gasteiger partial charge in [0.25, 0.3) is 0 Å². The van der Waals surface area contributed by atoms with E-state index in [0.717, 1.165) is 31.7 Å². The van der Waals surface area contributed by atoms with Gasteiger partial charge in [-0.2, -0.15) is 0 Å². The molecule has 3 heteroatoms. The Hall–Kier alpha value is -1.35. The molecular formula is C13H19N3. The first-order chi connectivity index (χ1) is 7.84. The van der Waals surface area contributed by atoms with Crippen LogP contribution < -0.4 is 10.6 Å². The van der Waals surface area contributed by atoms with Crippen molar-refractivity contribution < 1.29 is 0 Å². The second kappa shape index (κ2) is 5.66. The quantitative estimate of drug-likeness (QED) is 0.758. The average molecular weight is 217 g/mol. The zero-order chi connectivity index (χ0) is 11.2. The van der Waals surface area contributed by atoms with Crippen molar-refractivity contribution in [2.75, 3.05) is 25.0 Å². The maximum absolute atomic E-state index is 4.18. The van der Waals surface area contributed by atoms with E-state index in [2.05, 4.69) is 27.8 Å². The van der Waals surface area contributed by atoms with Gasteiger partial charge in [-0.3, -0.25) is 4.98 Å². The third kappa shape index (κ3) is 3.35. The highest BCUT2D eigenvalue weighted by Gasteiger charge is 2.02. The molecule has 0 aromatic carbocycles. The summed E-state index contributed by atoms with van der Waals surface area (Å²) in [6, 6.07) is 4.10. The van der Waals surface area contributed by atoms with Crippen molar-refractivity contribution in [3.63, 3.8) is 0 Å². The molecule has 1 aliphatic rings. The largest absolute Gasteiger partial charge is 0.385 e. The molecule has 0 fully saturated rings. The van der Waals surface area contributed by atoms with Crippen LogP contribution in [0.25, 0.3) is 0 Å². The van der Waals surface area contributed by atoms with Crippen molar-refractivity contribution in [3.8, 4) is 0 Å². The Morgan fingerprint density at radius 3 is 3.19 bits per heavy atom. The lowest BCUT2D eigenvalue weighted by atomic mass is 10.1. The second-order valence-corrected chi connectivity index (χ2v) is 4.18. The third-order valence-corrected chi connectivity index (χ3v) is 2.83. The first-order valence-corrected chi connectivity index (χ1v) is 5.90. The number of nitrogens with one attached hydrogen (secondary N) is 2. The zero-order valence-electron chi connectivity index (χ0n) is 9.79. The molecule has 0 atom stereocenters. The summed E-state index contributed by atoms with van der Waals surface area (Å²) in [6.07, 6.45) is 6.49. The fraction of sp³-hybridized carbons (Fsp3) is 0.462. The van der Waals surface area contributed by atoms with E-state index in [4.69, 9.17) is 0 Å². The molecule has 1 aromatic rings. The molecule has 0 aliphatic carbocycles. The Morgan fingerprint density at radius 1 is 1.50 bits per heavy atom. The minimum absolute atomic E-state index is 1.01.